The van der Waals surface area contributed by atoms with Crippen molar-refractivity contribution in [2.75, 3.05) is 26.6 Å². The number of carbonyl (C=O) groups is 1. The topological polar surface area (TPSA) is 119 Å². The lowest BCUT2D eigenvalue weighted by atomic mass is 10.1. The SMILES string of the molecule is O=C(COc1ccccc1)N[C@@H]1CO[C@@H]2[C@@H]1OC[C@@H]2n1nnnc1-c1ccc2c(c1)OCO2. The average Bonchev–Trinajstić information content (AvgIpc) is 3.62. The first-order valence-electron chi connectivity index (χ1n) is 10.6. The minimum atomic E-state index is -0.301. The number of ether oxygens (including phenoxy) is 5. The molecular weight excluding hydrogens is 430 g/mol. The number of nitrogens with zero attached hydrogens (tertiary/aromatic N) is 4. The van der Waals surface area contributed by atoms with Crippen LogP contribution in [0.25, 0.3) is 11.4 Å². The Kier molecular flexibility index (Phi) is 5.04. The summed E-state index contributed by atoms with van der Waals surface area (Å²) in [6.45, 7) is 0.819. The maximum atomic E-state index is 12.4. The monoisotopic (exact) mass is 451 g/mol. The summed E-state index contributed by atoms with van der Waals surface area (Å²) in [6.07, 6.45) is -0.592. The molecular formula is C22H21N5O6. The number of carbonyl (C=O) groups excluding carboxylic acids is 1. The Morgan fingerprint density at radius 3 is 2.82 bits per heavy atom. The number of fused-ring (bicyclic) bond motifs is 2. The molecule has 0 spiro atoms. The predicted molar refractivity (Wildman–Crippen MR) is 112 cm³/mol. The van der Waals surface area contributed by atoms with Crippen LogP contribution in [-0.4, -0.2) is 71.0 Å². The van der Waals surface area contributed by atoms with Crippen molar-refractivity contribution in [3.8, 4) is 28.6 Å². The molecule has 11 nitrogen and oxygen atoms in total. The lowest BCUT2D eigenvalue weighted by molar-refractivity contribution is -0.124. The molecule has 0 radical (unpaired) electrons. The fourth-order valence-corrected chi connectivity index (χ4v) is 4.37. The molecule has 6 rings (SSSR count). The molecule has 0 saturated carbocycles. The van der Waals surface area contributed by atoms with Gasteiger partial charge in [0.25, 0.3) is 5.91 Å². The minimum Gasteiger partial charge on any atom is -0.484 e. The highest BCUT2D eigenvalue weighted by atomic mass is 16.7. The lowest BCUT2D eigenvalue weighted by Gasteiger charge is -2.18. The Morgan fingerprint density at radius 2 is 1.91 bits per heavy atom. The summed E-state index contributed by atoms with van der Waals surface area (Å²) >= 11 is 0. The van der Waals surface area contributed by atoms with E-state index in [2.05, 4.69) is 20.8 Å². The molecule has 4 atom stereocenters. The van der Waals surface area contributed by atoms with Crippen LogP contribution in [0.15, 0.2) is 48.5 Å². The Labute approximate surface area is 188 Å². The third-order valence-electron chi connectivity index (χ3n) is 5.92. The highest BCUT2D eigenvalue weighted by molar-refractivity contribution is 5.78. The van der Waals surface area contributed by atoms with Crippen LogP contribution in [0.3, 0.4) is 0 Å². The maximum Gasteiger partial charge on any atom is 0.258 e. The second-order valence-electron chi connectivity index (χ2n) is 7.95. The van der Waals surface area contributed by atoms with Gasteiger partial charge in [0.15, 0.2) is 23.9 Å². The van der Waals surface area contributed by atoms with Crippen LogP contribution in [0.5, 0.6) is 17.2 Å². The molecule has 33 heavy (non-hydrogen) atoms. The zero-order chi connectivity index (χ0) is 22.2. The van der Waals surface area contributed by atoms with Gasteiger partial charge in [-0.25, -0.2) is 4.68 Å². The van der Waals surface area contributed by atoms with Crippen molar-refractivity contribution in [1.29, 1.82) is 0 Å². The maximum absolute atomic E-state index is 12.4. The highest BCUT2D eigenvalue weighted by Crippen LogP contribution is 2.38. The van der Waals surface area contributed by atoms with Crippen molar-refractivity contribution in [1.82, 2.24) is 25.5 Å². The van der Waals surface area contributed by atoms with E-state index in [1.807, 2.05) is 36.4 Å². The third-order valence-corrected chi connectivity index (χ3v) is 5.92. The number of hydrogen-bond acceptors (Lipinski definition) is 9. The van der Waals surface area contributed by atoms with Gasteiger partial charge in [0.1, 0.15) is 24.0 Å². The Morgan fingerprint density at radius 1 is 1.06 bits per heavy atom. The average molecular weight is 451 g/mol. The molecule has 3 aliphatic rings. The van der Waals surface area contributed by atoms with Crippen molar-refractivity contribution in [3.63, 3.8) is 0 Å². The predicted octanol–water partition coefficient (Wildman–Crippen LogP) is 0.971. The fourth-order valence-electron chi connectivity index (χ4n) is 4.37. The van der Waals surface area contributed by atoms with Gasteiger partial charge in [0.05, 0.1) is 19.3 Å². The van der Waals surface area contributed by atoms with E-state index in [-0.39, 0.29) is 43.6 Å². The van der Waals surface area contributed by atoms with Gasteiger partial charge in [0.2, 0.25) is 6.79 Å². The minimum absolute atomic E-state index is 0.0808. The van der Waals surface area contributed by atoms with E-state index < -0.39 is 0 Å². The first kappa shape index (κ1) is 19.9. The molecule has 1 aromatic heterocycles. The first-order chi connectivity index (χ1) is 16.3. The van der Waals surface area contributed by atoms with E-state index in [9.17, 15) is 4.79 Å². The largest absolute Gasteiger partial charge is 0.484 e. The summed E-state index contributed by atoms with van der Waals surface area (Å²) < 4.78 is 30.1. The van der Waals surface area contributed by atoms with Crippen LogP contribution in [0.2, 0.25) is 0 Å². The van der Waals surface area contributed by atoms with Crippen LogP contribution < -0.4 is 19.5 Å². The molecule has 170 valence electrons. The second kappa shape index (κ2) is 8.34. The fraction of sp³-hybridized carbons (Fsp3) is 0.364. The van der Waals surface area contributed by atoms with E-state index in [1.54, 1.807) is 16.8 Å². The van der Waals surface area contributed by atoms with Gasteiger partial charge in [-0.15, -0.1) is 5.10 Å². The second-order valence-corrected chi connectivity index (χ2v) is 7.95. The van der Waals surface area contributed by atoms with Crippen molar-refractivity contribution in [2.24, 2.45) is 0 Å². The number of hydrogen-bond donors (Lipinski definition) is 1. The Hall–Kier alpha value is -3.70. The van der Waals surface area contributed by atoms with Crippen LogP contribution in [0, 0.1) is 0 Å². The van der Waals surface area contributed by atoms with E-state index in [0.717, 1.165) is 5.56 Å². The first-order valence-corrected chi connectivity index (χ1v) is 10.6. The molecule has 3 aromatic rings. The van der Waals surface area contributed by atoms with Crippen molar-refractivity contribution in [3.05, 3.63) is 48.5 Å². The number of amides is 1. The van der Waals surface area contributed by atoms with Crippen LogP contribution >= 0.6 is 0 Å². The standard InChI is InChI=1S/C22H21N5O6/c28-19(11-29-14-4-2-1-3-5-14)23-15-9-30-21-16(10-31-20(15)21)27-22(24-25-26-27)13-6-7-17-18(8-13)33-12-32-17/h1-8,15-16,20-21H,9-12H2,(H,23,28)/t15-,16+,20-,21+/m1/s1. The third kappa shape index (κ3) is 3.74. The Bertz CT molecular complexity index is 1160. The molecule has 1 amide bonds. The summed E-state index contributed by atoms with van der Waals surface area (Å²) in [5.41, 5.74) is 0.800. The van der Waals surface area contributed by atoms with Crippen molar-refractivity contribution >= 4 is 5.91 Å². The summed E-state index contributed by atoms with van der Waals surface area (Å²) in [6, 6.07) is 14.3. The molecule has 0 aliphatic carbocycles. The van der Waals surface area contributed by atoms with Gasteiger partial charge in [-0.2, -0.15) is 0 Å². The van der Waals surface area contributed by atoms with E-state index in [1.165, 1.54) is 0 Å². The molecule has 11 heteroatoms. The highest BCUT2D eigenvalue weighted by Gasteiger charge is 2.50. The normalized spacial score (nSPS) is 25.1. The van der Waals surface area contributed by atoms with Crippen LogP contribution in [0.4, 0.5) is 0 Å². The van der Waals surface area contributed by atoms with Gasteiger partial charge >= 0.3 is 0 Å². The Balaban J connectivity index is 1.12. The molecule has 1 N–H and O–H groups in total. The van der Waals surface area contributed by atoms with Gasteiger partial charge in [0, 0.05) is 5.56 Å². The summed E-state index contributed by atoms with van der Waals surface area (Å²) in [5, 5.41) is 15.2. The van der Waals surface area contributed by atoms with E-state index >= 15 is 0 Å². The molecule has 4 heterocycles. The van der Waals surface area contributed by atoms with Crippen LogP contribution in [-0.2, 0) is 14.3 Å². The lowest BCUT2D eigenvalue weighted by Crippen LogP contribution is -2.45. The van der Waals surface area contributed by atoms with E-state index in [0.29, 0.717) is 36.3 Å². The molecule has 2 saturated heterocycles. The van der Waals surface area contributed by atoms with Gasteiger partial charge in [-0.05, 0) is 40.8 Å². The summed E-state index contributed by atoms with van der Waals surface area (Å²) in [7, 11) is 0. The van der Waals surface area contributed by atoms with Crippen molar-refractivity contribution in [2.45, 2.75) is 24.3 Å². The van der Waals surface area contributed by atoms with Gasteiger partial charge in [-0.3, -0.25) is 4.79 Å². The summed E-state index contributed by atoms with van der Waals surface area (Å²) in [5.74, 6) is 2.33. The number of rotatable bonds is 6. The molecule has 3 aliphatic heterocycles. The zero-order valence-corrected chi connectivity index (χ0v) is 17.5. The molecule has 0 unspecified atom stereocenters. The number of aromatic nitrogens is 4. The van der Waals surface area contributed by atoms with Gasteiger partial charge in [-0.1, -0.05) is 18.2 Å². The smallest absolute Gasteiger partial charge is 0.258 e. The number of para-hydroxylation sites is 1. The quantitative estimate of drug-likeness (QED) is 0.585. The van der Waals surface area contributed by atoms with Crippen molar-refractivity contribution < 1.29 is 28.5 Å². The van der Waals surface area contributed by atoms with Gasteiger partial charge < -0.3 is 29.0 Å². The molecule has 0 bridgehead atoms. The summed E-state index contributed by atoms with van der Waals surface area (Å²) in [4.78, 5) is 12.4. The number of tetrazole rings is 1. The number of benzene rings is 2. The molecule has 2 fully saturated rings. The number of nitrogens with one attached hydrogen (secondary N) is 1. The van der Waals surface area contributed by atoms with Crippen LogP contribution in [0.1, 0.15) is 6.04 Å². The van der Waals surface area contributed by atoms with E-state index in [4.69, 9.17) is 23.7 Å². The molecule has 2 aromatic carbocycles. The zero-order valence-electron chi connectivity index (χ0n) is 17.5.